The topological polar surface area (TPSA) is 26.0 Å². The van der Waals surface area contributed by atoms with Crippen molar-refractivity contribution in [3.63, 3.8) is 0 Å². The van der Waals surface area contributed by atoms with Gasteiger partial charge in [-0.2, -0.15) is 0 Å². The minimum atomic E-state index is -0.290. The van der Waals surface area contributed by atoms with Crippen molar-refractivity contribution in [2.45, 2.75) is 26.3 Å². The minimum absolute atomic E-state index is 0.290. The molecule has 0 rings (SSSR count). The molecule has 1 nitrogen and oxygen atoms in total. The lowest BCUT2D eigenvalue weighted by atomic mass is 9.95. The smallest absolute Gasteiger partial charge is 0.0352 e. The number of hydrogen-bond donors (Lipinski definition) is 1. The number of allylic oxidation sites excluding steroid dienone is 3. The summed E-state index contributed by atoms with van der Waals surface area (Å²) in [5.74, 6) is 0. The maximum Gasteiger partial charge on any atom is 0.0352 e. The van der Waals surface area contributed by atoms with E-state index in [2.05, 4.69) is 6.58 Å². The third-order valence-electron chi connectivity index (χ3n) is 1.43. The Kier molecular flexibility index (Phi) is 3.83. The molecule has 0 saturated heterocycles. The largest absolute Gasteiger partial charge is 0.322 e. The van der Waals surface area contributed by atoms with E-state index in [1.54, 1.807) is 6.08 Å². The van der Waals surface area contributed by atoms with Gasteiger partial charge in [0.15, 0.2) is 0 Å². The molecule has 0 unspecified atom stereocenters. The molecule has 0 radical (unpaired) electrons. The lowest BCUT2D eigenvalue weighted by Crippen LogP contribution is -2.33. The van der Waals surface area contributed by atoms with Crippen molar-refractivity contribution < 1.29 is 0 Å². The van der Waals surface area contributed by atoms with Crippen molar-refractivity contribution in [1.82, 2.24) is 0 Å². The molecule has 0 aromatic heterocycles. The minimum Gasteiger partial charge on any atom is -0.322 e. The molecular formula is C10H17N. The highest BCUT2D eigenvalue weighted by molar-refractivity contribution is 5.30. The zero-order valence-electron chi connectivity index (χ0n) is 7.59. The van der Waals surface area contributed by atoms with Crippen LogP contribution < -0.4 is 5.73 Å². The van der Waals surface area contributed by atoms with Crippen LogP contribution in [0.2, 0.25) is 0 Å². The molecule has 0 aliphatic carbocycles. The van der Waals surface area contributed by atoms with E-state index in [4.69, 9.17) is 5.73 Å². The molecule has 0 bridgehead atoms. The van der Waals surface area contributed by atoms with Crippen LogP contribution in [0, 0.1) is 0 Å². The van der Waals surface area contributed by atoms with Gasteiger partial charge in [-0.25, -0.2) is 0 Å². The summed E-state index contributed by atoms with van der Waals surface area (Å²) in [6.07, 6.45) is 7.70. The molecule has 62 valence electrons. The Morgan fingerprint density at radius 3 is 2.27 bits per heavy atom. The maximum atomic E-state index is 5.86. The summed E-state index contributed by atoms with van der Waals surface area (Å²) >= 11 is 0. The normalized spacial score (nSPS) is 14.0. The van der Waals surface area contributed by atoms with Gasteiger partial charge in [-0.3, -0.25) is 0 Å². The van der Waals surface area contributed by atoms with E-state index in [0.29, 0.717) is 0 Å². The fraction of sp³-hybridized carbons (Fsp3) is 0.400. The van der Waals surface area contributed by atoms with Crippen LogP contribution >= 0.6 is 0 Å². The molecule has 0 aliphatic rings. The number of rotatable bonds is 3. The van der Waals surface area contributed by atoms with Crippen LogP contribution in [0.4, 0.5) is 0 Å². The molecule has 2 N–H and O–H groups in total. The summed E-state index contributed by atoms with van der Waals surface area (Å²) < 4.78 is 0. The third kappa shape index (κ3) is 3.79. The van der Waals surface area contributed by atoms with Gasteiger partial charge in [0, 0.05) is 5.54 Å². The van der Waals surface area contributed by atoms with Crippen molar-refractivity contribution in [2.24, 2.45) is 5.73 Å². The predicted molar refractivity (Wildman–Crippen MR) is 51.4 cm³/mol. The van der Waals surface area contributed by atoms with E-state index in [-0.39, 0.29) is 5.54 Å². The van der Waals surface area contributed by atoms with Crippen molar-refractivity contribution in [1.29, 1.82) is 0 Å². The van der Waals surface area contributed by atoms with Gasteiger partial charge in [0.2, 0.25) is 0 Å². The van der Waals surface area contributed by atoms with Gasteiger partial charge >= 0.3 is 0 Å². The molecular weight excluding hydrogens is 134 g/mol. The molecule has 0 aliphatic heterocycles. The van der Waals surface area contributed by atoms with Crippen LogP contribution in [0.1, 0.15) is 20.8 Å². The molecule has 0 amide bonds. The van der Waals surface area contributed by atoms with E-state index in [9.17, 15) is 0 Å². The van der Waals surface area contributed by atoms with Gasteiger partial charge in [-0.15, -0.1) is 0 Å². The Morgan fingerprint density at radius 1 is 1.45 bits per heavy atom. The Balaban J connectivity index is 4.53. The summed E-state index contributed by atoms with van der Waals surface area (Å²) in [6.45, 7) is 9.60. The second-order valence-electron chi connectivity index (χ2n) is 3.07. The van der Waals surface area contributed by atoms with E-state index in [1.807, 2.05) is 39.0 Å². The molecule has 0 saturated carbocycles. The molecule has 0 heterocycles. The first-order chi connectivity index (χ1) is 5.02. The summed E-state index contributed by atoms with van der Waals surface area (Å²) in [5.41, 5.74) is 6.62. The Morgan fingerprint density at radius 2 is 2.00 bits per heavy atom. The van der Waals surface area contributed by atoms with Gasteiger partial charge in [-0.1, -0.05) is 30.9 Å². The third-order valence-corrected chi connectivity index (χ3v) is 1.43. The maximum absolute atomic E-state index is 5.86. The monoisotopic (exact) mass is 151 g/mol. The highest BCUT2D eigenvalue weighted by Crippen LogP contribution is 2.12. The van der Waals surface area contributed by atoms with E-state index < -0.39 is 0 Å². The van der Waals surface area contributed by atoms with Crippen LogP contribution in [-0.4, -0.2) is 5.54 Å². The average molecular weight is 151 g/mol. The van der Waals surface area contributed by atoms with Crippen LogP contribution in [0.25, 0.3) is 0 Å². The first-order valence-electron chi connectivity index (χ1n) is 3.77. The lowest BCUT2D eigenvalue weighted by Gasteiger charge is -2.19. The molecule has 0 atom stereocenters. The van der Waals surface area contributed by atoms with Crippen LogP contribution in [-0.2, 0) is 0 Å². The van der Waals surface area contributed by atoms with E-state index in [1.165, 1.54) is 0 Å². The average Bonchev–Trinajstić information content (AvgIpc) is 1.87. The van der Waals surface area contributed by atoms with Crippen molar-refractivity contribution in [3.8, 4) is 0 Å². The number of nitrogens with two attached hydrogens (primary N) is 1. The van der Waals surface area contributed by atoms with Crippen LogP contribution in [0.5, 0.6) is 0 Å². The predicted octanol–water partition coefficient (Wildman–Crippen LogP) is 2.41. The van der Waals surface area contributed by atoms with Gasteiger partial charge in [0.1, 0.15) is 0 Å². The van der Waals surface area contributed by atoms with Gasteiger partial charge in [-0.05, 0) is 26.3 Å². The Bertz CT molecular complexity index is 180. The second kappa shape index (κ2) is 4.14. The van der Waals surface area contributed by atoms with Crippen molar-refractivity contribution in [2.75, 3.05) is 0 Å². The highest BCUT2D eigenvalue weighted by Gasteiger charge is 2.12. The Hall–Kier alpha value is -0.820. The van der Waals surface area contributed by atoms with Gasteiger partial charge in [0.05, 0.1) is 0 Å². The second-order valence-corrected chi connectivity index (χ2v) is 3.07. The zero-order chi connectivity index (χ0) is 8.91. The number of hydrogen-bond acceptors (Lipinski definition) is 1. The summed E-state index contributed by atoms with van der Waals surface area (Å²) in [7, 11) is 0. The van der Waals surface area contributed by atoms with Crippen LogP contribution in [0.15, 0.2) is 36.5 Å². The molecule has 0 aromatic carbocycles. The lowest BCUT2D eigenvalue weighted by molar-refractivity contribution is 0.626. The fourth-order valence-electron chi connectivity index (χ4n) is 0.746. The van der Waals surface area contributed by atoms with E-state index in [0.717, 1.165) is 5.57 Å². The molecule has 11 heavy (non-hydrogen) atoms. The molecule has 0 spiro atoms. The first-order valence-corrected chi connectivity index (χ1v) is 3.77. The molecule has 1 heteroatoms. The first kappa shape index (κ1) is 10.2. The standard InChI is InChI=1S/C10H17N/c1-5-7-8-9(6-2)10(3,4)11/h5-8H,2,11H2,1,3-4H3/b7-5-,9-8+. The summed E-state index contributed by atoms with van der Waals surface area (Å²) in [6, 6.07) is 0. The highest BCUT2D eigenvalue weighted by atomic mass is 14.7. The van der Waals surface area contributed by atoms with Gasteiger partial charge < -0.3 is 5.73 Å². The van der Waals surface area contributed by atoms with Crippen molar-refractivity contribution >= 4 is 0 Å². The zero-order valence-corrected chi connectivity index (χ0v) is 7.59. The summed E-state index contributed by atoms with van der Waals surface area (Å²) in [5, 5.41) is 0. The molecule has 0 aromatic rings. The quantitative estimate of drug-likeness (QED) is 0.616. The van der Waals surface area contributed by atoms with Gasteiger partial charge in [0.25, 0.3) is 0 Å². The fourth-order valence-corrected chi connectivity index (χ4v) is 0.746. The summed E-state index contributed by atoms with van der Waals surface area (Å²) in [4.78, 5) is 0. The SMILES string of the molecule is C=C/C(=C\C=C/C)C(C)(C)N. The Labute approximate surface area is 69.3 Å². The molecule has 0 fully saturated rings. The van der Waals surface area contributed by atoms with E-state index >= 15 is 0 Å². The van der Waals surface area contributed by atoms with Crippen LogP contribution in [0.3, 0.4) is 0 Å². The van der Waals surface area contributed by atoms with Crippen molar-refractivity contribution in [3.05, 3.63) is 36.5 Å².